The first-order valence-electron chi connectivity index (χ1n) is 13.6. The van der Waals surface area contributed by atoms with Gasteiger partial charge in [0.1, 0.15) is 17.2 Å². The van der Waals surface area contributed by atoms with E-state index in [9.17, 15) is 24.6 Å². The lowest BCUT2D eigenvalue weighted by molar-refractivity contribution is -0.158. The highest BCUT2D eigenvalue weighted by Crippen LogP contribution is 2.31. The molecule has 0 bridgehead atoms. The van der Waals surface area contributed by atoms with Gasteiger partial charge >= 0.3 is 11.7 Å². The van der Waals surface area contributed by atoms with Gasteiger partial charge in [-0.3, -0.25) is 19.1 Å². The topological polar surface area (TPSA) is 131 Å². The molecule has 2 rings (SSSR count). The number of aromatic nitrogens is 2. The number of allylic oxidation sites excluding steroid dienone is 8. The number of aliphatic hydroxyl groups is 2. The average molecular weight is 565 g/mol. The maximum absolute atomic E-state index is 12.4. The number of aromatic amines is 1. The molecule has 0 amide bonds. The zero-order chi connectivity index (χ0) is 28.5. The monoisotopic (exact) mass is 564 g/mol. The van der Waals surface area contributed by atoms with Crippen molar-refractivity contribution in [2.75, 3.05) is 6.61 Å². The Kier molecular flexibility index (Phi) is 15.5. The molecule has 1 aliphatic heterocycles. The summed E-state index contributed by atoms with van der Waals surface area (Å²) in [6.07, 6.45) is 22.1. The Morgan fingerprint density at radius 2 is 1.62 bits per heavy atom. The molecule has 216 valence electrons. The summed E-state index contributed by atoms with van der Waals surface area (Å²) in [5.74, 6) is -0.578. The van der Waals surface area contributed by atoms with Crippen LogP contribution in [0, 0.1) is 0 Å². The molecule has 3 N–H and O–H groups in total. The SMILES string of the molecule is CCCCC/C=C\C/C=C\C/C=C\C/C=C\CCCC(=O)OC1C(O)[C@H](CO)O[C@@H]1n1cc(Cl)c(=O)[nH]c1=O. The summed E-state index contributed by atoms with van der Waals surface area (Å²) in [4.78, 5) is 38.2. The lowest BCUT2D eigenvalue weighted by Crippen LogP contribution is -2.40. The van der Waals surface area contributed by atoms with Crippen molar-refractivity contribution < 1.29 is 24.5 Å². The predicted octanol–water partition coefficient (Wildman–Crippen LogP) is 4.50. The van der Waals surface area contributed by atoms with Crippen LogP contribution in [0.15, 0.2) is 64.4 Å². The summed E-state index contributed by atoms with van der Waals surface area (Å²) in [6, 6.07) is 0. The Morgan fingerprint density at radius 3 is 2.21 bits per heavy atom. The van der Waals surface area contributed by atoms with E-state index in [1.54, 1.807) is 0 Å². The molecule has 0 spiro atoms. The van der Waals surface area contributed by atoms with Crippen LogP contribution in [0.5, 0.6) is 0 Å². The van der Waals surface area contributed by atoms with Crippen LogP contribution in [0.2, 0.25) is 5.02 Å². The summed E-state index contributed by atoms with van der Waals surface area (Å²) >= 11 is 5.82. The summed E-state index contributed by atoms with van der Waals surface area (Å²) in [5.41, 5.74) is -1.62. The van der Waals surface area contributed by atoms with Crippen LogP contribution in [0.25, 0.3) is 0 Å². The second-order valence-corrected chi connectivity index (χ2v) is 9.72. The van der Waals surface area contributed by atoms with Crippen LogP contribution in [0.1, 0.15) is 77.4 Å². The fraction of sp³-hybridized carbons (Fsp3) is 0.552. The first-order chi connectivity index (χ1) is 18.9. The molecule has 0 aromatic carbocycles. The molecule has 0 aliphatic carbocycles. The molecular formula is C29H41ClN2O7. The minimum absolute atomic E-state index is 0.0963. The van der Waals surface area contributed by atoms with Crippen LogP contribution in [-0.4, -0.2) is 50.7 Å². The highest BCUT2D eigenvalue weighted by atomic mass is 35.5. The van der Waals surface area contributed by atoms with E-state index in [-0.39, 0.29) is 11.4 Å². The van der Waals surface area contributed by atoms with Gasteiger partial charge in [-0.2, -0.15) is 0 Å². The Labute approximate surface area is 234 Å². The predicted molar refractivity (Wildman–Crippen MR) is 152 cm³/mol. The highest BCUT2D eigenvalue weighted by Gasteiger charge is 2.47. The van der Waals surface area contributed by atoms with Crippen LogP contribution >= 0.6 is 11.6 Å². The number of nitrogens with zero attached hydrogens (tertiary/aromatic N) is 1. The lowest BCUT2D eigenvalue weighted by atomic mass is 10.1. The largest absolute Gasteiger partial charge is 0.455 e. The zero-order valence-corrected chi connectivity index (χ0v) is 23.3. The minimum atomic E-state index is -1.37. The Morgan fingerprint density at radius 1 is 1.03 bits per heavy atom. The van der Waals surface area contributed by atoms with Gasteiger partial charge in [0.2, 0.25) is 0 Å². The summed E-state index contributed by atoms with van der Waals surface area (Å²) in [6.45, 7) is 1.66. The second-order valence-electron chi connectivity index (χ2n) is 9.32. The van der Waals surface area contributed by atoms with E-state index in [2.05, 4.69) is 43.4 Å². The van der Waals surface area contributed by atoms with Gasteiger partial charge in [-0.1, -0.05) is 80.0 Å². The summed E-state index contributed by atoms with van der Waals surface area (Å²) in [5, 5.41) is 19.7. The molecule has 1 saturated heterocycles. The number of hydrogen-bond donors (Lipinski definition) is 3. The number of halogens is 1. The normalized spacial score (nSPS) is 21.7. The summed E-state index contributed by atoms with van der Waals surface area (Å²) < 4.78 is 11.9. The van der Waals surface area contributed by atoms with Gasteiger partial charge in [0.05, 0.1) is 6.61 Å². The highest BCUT2D eigenvalue weighted by molar-refractivity contribution is 6.30. The first-order valence-corrected chi connectivity index (χ1v) is 14.0. The average Bonchev–Trinajstić information content (AvgIpc) is 3.22. The van der Waals surface area contributed by atoms with Gasteiger partial charge in [-0.15, -0.1) is 0 Å². The molecule has 1 aromatic rings. The molecule has 1 aliphatic rings. The molecular weight excluding hydrogens is 524 g/mol. The van der Waals surface area contributed by atoms with Gasteiger partial charge in [0.25, 0.3) is 5.56 Å². The van der Waals surface area contributed by atoms with Gasteiger partial charge in [-0.05, 0) is 44.9 Å². The van der Waals surface area contributed by atoms with Gasteiger partial charge in [0, 0.05) is 12.6 Å². The minimum Gasteiger partial charge on any atom is -0.455 e. The number of nitrogens with one attached hydrogen (secondary N) is 1. The second kappa shape index (κ2) is 18.5. The van der Waals surface area contributed by atoms with E-state index in [0.717, 1.165) is 36.4 Å². The van der Waals surface area contributed by atoms with E-state index in [0.29, 0.717) is 12.8 Å². The Balaban J connectivity index is 1.69. The zero-order valence-electron chi connectivity index (χ0n) is 22.5. The third kappa shape index (κ3) is 11.5. The van der Waals surface area contributed by atoms with Gasteiger partial charge in [0.15, 0.2) is 12.3 Å². The van der Waals surface area contributed by atoms with Crippen molar-refractivity contribution in [3.05, 3.63) is 80.7 Å². The van der Waals surface area contributed by atoms with E-state index in [1.165, 1.54) is 19.3 Å². The third-order valence-corrected chi connectivity index (χ3v) is 6.44. The smallest absolute Gasteiger partial charge is 0.330 e. The summed E-state index contributed by atoms with van der Waals surface area (Å²) in [7, 11) is 0. The molecule has 10 heteroatoms. The fourth-order valence-corrected chi connectivity index (χ4v) is 4.16. The fourth-order valence-electron chi connectivity index (χ4n) is 4.01. The number of aliphatic hydroxyl groups excluding tert-OH is 2. The van der Waals surface area contributed by atoms with Crippen molar-refractivity contribution in [3.63, 3.8) is 0 Å². The van der Waals surface area contributed by atoms with E-state index >= 15 is 0 Å². The number of rotatable bonds is 17. The number of hydrogen-bond acceptors (Lipinski definition) is 7. The lowest BCUT2D eigenvalue weighted by Gasteiger charge is -2.22. The van der Waals surface area contributed by atoms with Gasteiger partial charge in [-0.25, -0.2) is 4.79 Å². The maximum Gasteiger partial charge on any atom is 0.330 e. The first kappa shape index (κ1) is 32.5. The number of H-pyrrole nitrogens is 1. The van der Waals surface area contributed by atoms with Crippen LogP contribution in [-0.2, 0) is 14.3 Å². The molecule has 0 saturated carbocycles. The van der Waals surface area contributed by atoms with Gasteiger partial charge < -0.3 is 19.7 Å². The van der Waals surface area contributed by atoms with Crippen LogP contribution < -0.4 is 11.2 Å². The number of carbonyl (C=O) groups excluding carboxylic acids is 1. The number of esters is 1. The molecule has 2 unspecified atom stereocenters. The molecule has 2 heterocycles. The molecule has 0 radical (unpaired) electrons. The van der Waals surface area contributed by atoms with Crippen LogP contribution in [0.3, 0.4) is 0 Å². The Bertz CT molecular complexity index is 1110. The number of ether oxygens (including phenoxy) is 2. The standard InChI is InChI=1S/C29H41ClN2O7/c1-2-3-4-5-6-7-8-9-10-11-12-13-14-15-16-17-18-19-24(34)39-26-25(35)23(21-33)38-28(26)32-20-22(30)27(36)31-29(32)37/h6-7,9-10,12-13,15-16,20,23,25-26,28,33,35H,2-5,8,11,14,17-19,21H2,1H3,(H,31,36,37)/b7-6-,10-9-,13-12-,16-15-/t23-,25?,26?,28-/m0/s1. The van der Waals surface area contributed by atoms with Crippen molar-refractivity contribution in [1.82, 2.24) is 9.55 Å². The molecule has 39 heavy (non-hydrogen) atoms. The quantitative estimate of drug-likeness (QED) is 0.144. The number of carbonyl (C=O) groups is 1. The molecule has 9 nitrogen and oxygen atoms in total. The molecule has 1 fully saturated rings. The van der Waals surface area contributed by atoms with Crippen molar-refractivity contribution in [3.8, 4) is 0 Å². The Hall–Kier alpha value is -2.72. The van der Waals surface area contributed by atoms with E-state index < -0.39 is 48.4 Å². The van der Waals surface area contributed by atoms with Crippen molar-refractivity contribution in [2.45, 2.75) is 95.7 Å². The van der Waals surface area contributed by atoms with E-state index in [1.807, 2.05) is 17.1 Å². The molecule has 1 aromatic heterocycles. The van der Waals surface area contributed by atoms with Crippen LogP contribution in [0.4, 0.5) is 0 Å². The maximum atomic E-state index is 12.4. The third-order valence-electron chi connectivity index (χ3n) is 6.17. The molecule has 4 atom stereocenters. The van der Waals surface area contributed by atoms with Crippen molar-refractivity contribution >= 4 is 17.6 Å². The number of unbranched alkanes of at least 4 members (excludes halogenated alkanes) is 4. The van der Waals surface area contributed by atoms with Crippen molar-refractivity contribution in [2.24, 2.45) is 0 Å². The van der Waals surface area contributed by atoms with E-state index in [4.69, 9.17) is 21.1 Å². The van der Waals surface area contributed by atoms with Crippen molar-refractivity contribution in [1.29, 1.82) is 0 Å².